The molecular weight excluding hydrogens is 545 g/mol. The van der Waals surface area contributed by atoms with Gasteiger partial charge in [-0.15, -0.1) is 0 Å². The number of aliphatic hydroxyl groups is 1. The van der Waals surface area contributed by atoms with E-state index in [0.29, 0.717) is 0 Å². The first-order valence-corrected chi connectivity index (χ1v) is 8.80. The van der Waals surface area contributed by atoms with E-state index in [1.54, 1.807) is 0 Å². The van der Waals surface area contributed by atoms with Crippen LogP contribution < -0.4 is 0 Å². The molecule has 4 aromatic rings. The number of aliphatic hydroxyl groups excluding tert-OH is 1. The quantitative estimate of drug-likeness (QED) is 0.345. The predicted molar refractivity (Wildman–Crippen MR) is 105 cm³/mol. The molecule has 1 heterocycles. The molecule has 0 saturated carbocycles. The van der Waals surface area contributed by atoms with Gasteiger partial charge in [0.1, 0.15) is 5.54 Å². The maximum atomic E-state index is 9.62. The van der Waals surface area contributed by atoms with E-state index in [9.17, 15) is 5.11 Å². The van der Waals surface area contributed by atoms with Crippen molar-refractivity contribution in [2.24, 2.45) is 0 Å². The summed E-state index contributed by atoms with van der Waals surface area (Å²) in [5.74, 6) is 0. The molecule has 0 unspecified atom stereocenters. The minimum absolute atomic E-state index is 0. The molecule has 3 aromatic carbocycles. The Hall–Kier alpha value is -1.66. The second-order valence-corrected chi connectivity index (χ2v) is 6.39. The molecule has 1 radical (unpaired) electrons. The molecule has 0 aliphatic carbocycles. The van der Waals surface area contributed by atoms with Gasteiger partial charge in [-0.25, -0.2) is 0 Å². The van der Waals surface area contributed by atoms with Crippen LogP contribution in [0.2, 0.25) is 0 Å². The summed E-state index contributed by atoms with van der Waals surface area (Å²) in [6, 6.07) is 33.5. The minimum Gasteiger partial charge on any atom is -0.392 e. The van der Waals surface area contributed by atoms with Gasteiger partial charge in [0, 0.05) is 56.5 Å². The van der Waals surface area contributed by atoms with Crippen molar-refractivity contribution in [1.82, 2.24) is 4.57 Å². The molecule has 1 N–H and O–H groups in total. The van der Waals surface area contributed by atoms with Gasteiger partial charge in [0.25, 0.3) is 0 Å². The van der Waals surface area contributed by atoms with Crippen LogP contribution in [0.3, 0.4) is 0 Å². The molecule has 4 rings (SSSR count). The van der Waals surface area contributed by atoms with Crippen molar-refractivity contribution in [1.29, 1.82) is 0 Å². The molecule has 0 spiro atoms. The molecule has 1 aromatic heterocycles. The van der Waals surface area contributed by atoms with E-state index < -0.39 is 5.54 Å². The maximum Gasteiger partial charge on any atom is 0.120 e. The van der Waals surface area contributed by atoms with Crippen molar-refractivity contribution in [3.05, 3.63) is 132 Å². The van der Waals surface area contributed by atoms with Gasteiger partial charge >= 0.3 is 0 Å². The van der Waals surface area contributed by atoms with Crippen molar-refractivity contribution < 1.29 is 49.2 Å². The normalized spacial score (nSPS) is 11.0. The molecule has 0 saturated heterocycles. The zero-order valence-electron chi connectivity index (χ0n) is 15.1. The Labute approximate surface area is 196 Å². The Morgan fingerprint density at radius 2 is 1.04 bits per heavy atom. The van der Waals surface area contributed by atoms with E-state index in [2.05, 4.69) is 83.6 Å². The summed E-state index contributed by atoms with van der Waals surface area (Å²) in [4.78, 5) is 0. The number of hydrogen-bond donors (Lipinski definition) is 1. The van der Waals surface area contributed by atoms with Gasteiger partial charge < -0.3 is 9.67 Å². The fourth-order valence-electron chi connectivity index (χ4n) is 3.73. The second kappa shape index (κ2) is 9.02. The third-order valence-electron chi connectivity index (χ3n) is 4.90. The number of benzene rings is 3. The van der Waals surface area contributed by atoms with E-state index in [4.69, 9.17) is 0 Å². The van der Waals surface area contributed by atoms with Crippen LogP contribution in [0.25, 0.3) is 0 Å². The first kappa shape index (κ1) is 20.1. The summed E-state index contributed by atoms with van der Waals surface area (Å²) in [6.07, 6.45) is 4.09. The SMILES string of the molecule is OCc1ccn(C(c2ccccc2)(c2ccccc2)c2ccccc2)c1.[Ac]. The smallest absolute Gasteiger partial charge is 0.120 e. The van der Waals surface area contributed by atoms with Crippen LogP contribution >= 0.6 is 0 Å². The van der Waals surface area contributed by atoms with E-state index in [1.165, 1.54) is 16.7 Å². The van der Waals surface area contributed by atoms with Crippen molar-refractivity contribution in [2.45, 2.75) is 12.1 Å². The van der Waals surface area contributed by atoms with Crippen LogP contribution in [0, 0.1) is 44.1 Å². The maximum absolute atomic E-state index is 9.62. The molecule has 0 atom stereocenters. The molecular formula is C24H21AcNO. The van der Waals surface area contributed by atoms with Gasteiger partial charge in [-0.05, 0) is 28.3 Å². The van der Waals surface area contributed by atoms with E-state index >= 15 is 0 Å². The van der Waals surface area contributed by atoms with Gasteiger partial charge in [-0.3, -0.25) is 0 Å². The second-order valence-electron chi connectivity index (χ2n) is 6.39. The van der Waals surface area contributed by atoms with Crippen LogP contribution in [0.1, 0.15) is 22.3 Å². The Kier molecular flexibility index (Phi) is 6.71. The first-order valence-electron chi connectivity index (χ1n) is 8.80. The summed E-state index contributed by atoms with van der Waals surface area (Å²) < 4.78 is 2.21. The van der Waals surface area contributed by atoms with Crippen molar-refractivity contribution >= 4 is 0 Å². The molecule has 27 heavy (non-hydrogen) atoms. The Bertz CT molecular complexity index is 868. The number of nitrogens with zero attached hydrogens (tertiary/aromatic N) is 1. The zero-order chi connectivity index (χ0) is 17.8. The largest absolute Gasteiger partial charge is 0.392 e. The summed E-state index contributed by atoms with van der Waals surface area (Å²) in [5, 5.41) is 9.62. The molecule has 0 bridgehead atoms. The number of aromatic nitrogens is 1. The first-order chi connectivity index (χ1) is 12.9. The van der Waals surface area contributed by atoms with Gasteiger partial charge in [-0.2, -0.15) is 0 Å². The Morgan fingerprint density at radius 3 is 1.37 bits per heavy atom. The van der Waals surface area contributed by atoms with Crippen molar-refractivity contribution in [3.8, 4) is 0 Å². The fraction of sp³-hybridized carbons (Fsp3) is 0.0833. The number of hydrogen-bond acceptors (Lipinski definition) is 1. The fourth-order valence-corrected chi connectivity index (χ4v) is 3.73. The number of rotatable bonds is 5. The van der Waals surface area contributed by atoms with E-state index in [1.807, 2.05) is 30.5 Å². The Balaban J connectivity index is 0.00000210. The van der Waals surface area contributed by atoms with Crippen LogP contribution in [-0.4, -0.2) is 9.67 Å². The minimum atomic E-state index is -0.503. The summed E-state index contributed by atoms with van der Waals surface area (Å²) in [6.45, 7) is 0.0292. The van der Waals surface area contributed by atoms with Gasteiger partial charge in [-0.1, -0.05) is 91.0 Å². The molecule has 0 aliphatic heterocycles. The predicted octanol–water partition coefficient (Wildman–Crippen LogP) is 4.82. The topological polar surface area (TPSA) is 25.2 Å². The average Bonchev–Trinajstić information content (AvgIpc) is 3.21. The molecule has 0 fully saturated rings. The van der Waals surface area contributed by atoms with E-state index in [0.717, 1.165) is 5.56 Å². The molecule has 2 nitrogen and oxygen atoms in total. The molecule has 3 heteroatoms. The Morgan fingerprint density at radius 1 is 0.630 bits per heavy atom. The third kappa shape index (κ3) is 3.70. The third-order valence-corrected chi connectivity index (χ3v) is 4.90. The van der Waals surface area contributed by atoms with E-state index in [-0.39, 0.29) is 50.7 Å². The summed E-state index contributed by atoms with van der Waals surface area (Å²) >= 11 is 0. The van der Waals surface area contributed by atoms with Crippen molar-refractivity contribution in [3.63, 3.8) is 0 Å². The van der Waals surface area contributed by atoms with Crippen LogP contribution in [0.4, 0.5) is 0 Å². The molecule has 0 amide bonds. The monoisotopic (exact) mass is 566 g/mol. The average molecular weight is 566 g/mol. The molecule has 0 aliphatic rings. The van der Waals surface area contributed by atoms with Crippen LogP contribution in [0.15, 0.2) is 109 Å². The van der Waals surface area contributed by atoms with Gasteiger partial charge in [0.15, 0.2) is 0 Å². The van der Waals surface area contributed by atoms with Gasteiger partial charge in [0.05, 0.1) is 6.61 Å². The standard InChI is InChI=1S/C24H21NO.Ac/c26-19-20-16-17-25(18-20)24(21-10-4-1-5-11-21,22-12-6-2-7-13-22)23-14-8-3-9-15-23;/h1-18,26H,19H2;. The van der Waals surface area contributed by atoms with Crippen molar-refractivity contribution in [2.75, 3.05) is 0 Å². The summed E-state index contributed by atoms with van der Waals surface area (Å²) in [5.41, 5.74) is 3.93. The summed E-state index contributed by atoms with van der Waals surface area (Å²) in [7, 11) is 0. The van der Waals surface area contributed by atoms with Crippen LogP contribution in [0.5, 0.6) is 0 Å². The molecule has 131 valence electrons. The van der Waals surface area contributed by atoms with Gasteiger partial charge in [0.2, 0.25) is 0 Å². The zero-order valence-corrected chi connectivity index (χ0v) is 19.8. The van der Waals surface area contributed by atoms with Crippen LogP contribution in [-0.2, 0) is 12.1 Å².